The van der Waals surface area contributed by atoms with Crippen LogP contribution < -0.4 is 10.5 Å². The molecule has 22 heavy (non-hydrogen) atoms. The first-order valence-corrected chi connectivity index (χ1v) is 7.72. The molecule has 2 aromatic rings. The third-order valence-electron chi connectivity index (χ3n) is 2.95. The molecule has 3 N–H and O–H groups in total. The van der Waals surface area contributed by atoms with Gasteiger partial charge in [0.25, 0.3) is 10.0 Å². The van der Waals surface area contributed by atoms with E-state index in [2.05, 4.69) is 0 Å². The molecule has 0 heterocycles. The van der Waals surface area contributed by atoms with E-state index in [1.165, 1.54) is 6.92 Å². The monoisotopic (exact) mass is 350 g/mol. The first-order valence-electron chi connectivity index (χ1n) is 5.86. The smallest absolute Gasteiger partial charge is 0.262 e. The number of hydrogen-bond donors (Lipinski definition) is 2. The fourth-order valence-corrected chi connectivity index (χ4v) is 3.28. The Morgan fingerprint density at radius 3 is 2.36 bits per heavy atom. The molecule has 0 aliphatic heterocycles. The van der Waals surface area contributed by atoms with Crippen LogP contribution in [-0.4, -0.2) is 8.42 Å². The zero-order chi connectivity index (χ0) is 16.7. The summed E-state index contributed by atoms with van der Waals surface area (Å²) in [5.74, 6) is -3.17. The number of rotatable bonds is 3. The molecule has 0 atom stereocenters. The minimum atomic E-state index is -4.30. The highest BCUT2D eigenvalue weighted by Crippen LogP contribution is 2.28. The van der Waals surface area contributed by atoms with Crippen molar-refractivity contribution in [2.24, 2.45) is 0 Å². The van der Waals surface area contributed by atoms with E-state index in [1.54, 1.807) is 0 Å². The van der Waals surface area contributed by atoms with Crippen LogP contribution in [0.2, 0.25) is 5.02 Å². The van der Waals surface area contributed by atoms with Gasteiger partial charge in [-0.25, -0.2) is 21.6 Å². The molecule has 0 bridgehead atoms. The van der Waals surface area contributed by atoms with Gasteiger partial charge in [-0.05, 0) is 31.2 Å². The maximum Gasteiger partial charge on any atom is 0.262 e. The van der Waals surface area contributed by atoms with Crippen LogP contribution in [0.3, 0.4) is 0 Å². The second-order valence-corrected chi connectivity index (χ2v) is 6.47. The largest absolute Gasteiger partial charge is 0.394 e. The van der Waals surface area contributed by atoms with Crippen LogP contribution >= 0.6 is 11.6 Å². The van der Waals surface area contributed by atoms with Crippen molar-refractivity contribution in [1.29, 1.82) is 0 Å². The first-order chi connectivity index (χ1) is 10.1. The van der Waals surface area contributed by atoms with Crippen LogP contribution in [0.15, 0.2) is 29.2 Å². The second kappa shape index (κ2) is 5.69. The van der Waals surface area contributed by atoms with Gasteiger partial charge < -0.3 is 5.73 Å². The highest BCUT2D eigenvalue weighted by atomic mass is 35.5. The number of nitrogens with two attached hydrogens (primary N) is 1. The summed E-state index contributed by atoms with van der Waals surface area (Å²) in [5.41, 5.74) is 3.56. The maximum absolute atomic E-state index is 13.8. The lowest BCUT2D eigenvalue weighted by molar-refractivity contribution is 0.585. The van der Waals surface area contributed by atoms with Gasteiger partial charge in [-0.15, -0.1) is 0 Å². The lowest BCUT2D eigenvalue weighted by atomic mass is 10.2. The topological polar surface area (TPSA) is 72.2 Å². The molecule has 0 radical (unpaired) electrons. The minimum Gasteiger partial charge on any atom is -0.394 e. The fourth-order valence-electron chi connectivity index (χ4n) is 1.77. The van der Waals surface area contributed by atoms with Crippen molar-refractivity contribution in [3.8, 4) is 0 Å². The quantitative estimate of drug-likeness (QED) is 0.833. The number of sulfonamides is 1. The van der Waals surface area contributed by atoms with E-state index in [4.69, 9.17) is 17.3 Å². The number of nitrogens with one attached hydrogen (secondary N) is 1. The van der Waals surface area contributed by atoms with Crippen molar-refractivity contribution in [3.63, 3.8) is 0 Å². The first kappa shape index (κ1) is 16.4. The summed E-state index contributed by atoms with van der Waals surface area (Å²) in [7, 11) is -4.30. The Morgan fingerprint density at radius 1 is 1.09 bits per heavy atom. The summed E-state index contributed by atoms with van der Waals surface area (Å²) >= 11 is 5.55. The highest BCUT2D eigenvalue weighted by Gasteiger charge is 2.23. The standard InChI is InChI=1S/C13H10ClF3N2O2S/c1-6-10(5-2-7(14)11(6)16)22(20,21)19-9-4-3-8(15)13(18)12(9)17/h2-5,19H,18H2,1H3. The van der Waals surface area contributed by atoms with Gasteiger partial charge in [0.1, 0.15) is 17.3 Å². The Hall–Kier alpha value is -1.93. The van der Waals surface area contributed by atoms with Gasteiger partial charge in [-0.3, -0.25) is 4.72 Å². The predicted octanol–water partition coefficient (Wildman–Crippen LogP) is 3.45. The molecule has 0 aliphatic carbocycles. The van der Waals surface area contributed by atoms with Crippen LogP contribution in [0.4, 0.5) is 24.5 Å². The van der Waals surface area contributed by atoms with E-state index in [0.717, 1.165) is 24.3 Å². The summed E-state index contributed by atoms with van der Waals surface area (Å²) in [5, 5.41) is -0.242. The highest BCUT2D eigenvalue weighted by molar-refractivity contribution is 7.92. The minimum absolute atomic E-state index is 0.226. The van der Waals surface area contributed by atoms with Gasteiger partial charge in [0.15, 0.2) is 5.82 Å². The third kappa shape index (κ3) is 2.84. The summed E-state index contributed by atoms with van der Waals surface area (Å²) in [6.07, 6.45) is 0. The number of nitrogen functional groups attached to an aromatic ring is 1. The SMILES string of the molecule is Cc1c(S(=O)(=O)Nc2ccc(F)c(N)c2F)ccc(Cl)c1F. The van der Waals surface area contributed by atoms with Crippen molar-refractivity contribution in [1.82, 2.24) is 0 Å². The average molecular weight is 351 g/mol. The number of anilines is 2. The van der Waals surface area contributed by atoms with Crippen molar-refractivity contribution in [2.45, 2.75) is 11.8 Å². The van der Waals surface area contributed by atoms with Crippen LogP contribution in [0.25, 0.3) is 0 Å². The molecule has 2 aromatic carbocycles. The summed E-state index contributed by atoms with van der Waals surface area (Å²) < 4.78 is 66.8. The fraction of sp³-hybridized carbons (Fsp3) is 0.0769. The van der Waals surface area contributed by atoms with Gasteiger partial charge in [0.05, 0.1) is 15.6 Å². The van der Waals surface area contributed by atoms with Gasteiger partial charge in [0, 0.05) is 5.56 Å². The molecule has 118 valence electrons. The Labute approximate surface area is 129 Å². The van der Waals surface area contributed by atoms with Crippen LogP contribution in [0.5, 0.6) is 0 Å². The molecular formula is C13H10ClF3N2O2S. The second-order valence-electron chi connectivity index (χ2n) is 4.41. The lowest BCUT2D eigenvalue weighted by Gasteiger charge is -2.13. The number of hydrogen-bond acceptors (Lipinski definition) is 3. The zero-order valence-corrected chi connectivity index (χ0v) is 12.7. The Kier molecular flexibility index (Phi) is 4.25. The van der Waals surface area contributed by atoms with E-state index in [1.807, 2.05) is 4.72 Å². The summed E-state index contributed by atoms with van der Waals surface area (Å²) in [6, 6.07) is 3.83. The number of benzene rings is 2. The molecule has 0 saturated carbocycles. The summed E-state index contributed by atoms with van der Waals surface area (Å²) in [4.78, 5) is -0.420. The van der Waals surface area contributed by atoms with E-state index in [9.17, 15) is 21.6 Å². The Bertz CT molecular complexity index is 857. The molecule has 0 spiro atoms. The molecule has 0 amide bonds. The van der Waals surface area contributed by atoms with Crippen LogP contribution in [-0.2, 0) is 10.0 Å². The van der Waals surface area contributed by atoms with Crippen molar-refractivity contribution in [3.05, 3.63) is 52.3 Å². The normalized spacial score (nSPS) is 11.5. The van der Waals surface area contributed by atoms with Crippen LogP contribution in [0, 0.1) is 24.4 Å². The molecule has 9 heteroatoms. The third-order valence-corrected chi connectivity index (χ3v) is 4.75. The molecule has 0 unspecified atom stereocenters. The van der Waals surface area contributed by atoms with Gasteiger partial charge >= 0.3 is 0 Å². The van der Waals surface area contributed by atoms with Gasteiger partial charge in [-0.1, -0.05) is 11.6 Å². The van der Waals surface area contributed by atoms with E-state index in [-0.39, 0.29) is 10.6 Å². The van der Waals surface area contributed by atoms with Gasteiger partial charge in [-0.2, -0.15) is 0 Å². The van der Waals surface area contributed by atoms with E-state index < -0.39 is 43.7 Å². The molecule has 0 fully saturated rings. The maximum atomic E-state index is 13.8. The number of halogens is 4. The summed E-state index contributed by atoms with van der Waals surface area (Å²) in [6.45, 7) is 1.21. The molecule has 4 nitrogen and oxygen atoms in total. The molecule has 0 saturated heterocycles. The van der Waals surface area contributed by atoms with Crippen molar-refractivity contribution >= 4 is 33.0 Å². The van der Waals surface area contributed by atoms with Crippen molar-refractivity contribution < 1.29 is 21.6 Å². The average Bonchev–Trinajstić information content (AvgIpc) is 2.45. The molecule has 2 rings (SSSR count). The van der Waals surface area contributed by atoms with E-state index >= 15 is 0 Å². The van der Waals surface area contributed by atoms with Crippen LogP contribution in [0.1, 0.15) is 5.56 Å². The Balaban J connectivity index is 2.50. The lowest BCUT2D eigenvalue weighted by Crippen LogP contribution is -2.16. The van der Waals surface area contributed by atoms with E-state index in [0.29, 0.717) is 0 Å². The zero-order valence-electron chi connectivity index (χ0n) is 11.1. The molecule has 0 aliphatic rings. The molecular weight excluding hydrogens is 341 g/mol. The molecule has 0 aromatic heterocycles. The van der Waals surface area contributed by atoms with Gasteiger partial charge in [0.2, 0.25) is 0 Å². The van der Waals surface area contributed by atoms with Crippen molar-refractivity contribution in [2.75, 3.05) is 10.5 Å². The predicted molar refractivity (Wildman–Crippen MR) is 77.7 cm³/mol. The Morgan fingerprint density at radius 2 is 1.73 bits per heavy atom.